The van der Waals surface area contributed by atoms with Crippen molar-refractivity contribution in [3.05, 3.63) is 94.5 Å². The van der Waals surface area contributed by atoms with E-state index in [1.165, 1.54) is 16.0 Å². The number of nitrogens with zero attached hydrogens (tertiary/aromatic N) is 2. The van der Waals surface area contributed by atoms with Crippen LogP contribution in [0.25, 0.3) is 10.2 Å². The number of aromatic nitrogens is 1. The first-order valence-corrected chi connectivity index (χ1v) is 12.0. The predicted octanol–water partition coefficient (Wildman–Crippen LogP) is 6.24. The van der Waals surface area contributed by atoms with Gasteiger partial charge in [-0.3, -0.25) is 4.79 Å². The van der Waals surface area contributed by atoms with E-state index in [4.69, 9.17) is 0 Å². The van der Waals surface area contributed by atoms with Crippen LogP contribution in [0.4, 0.5) is 5.69 Å². The summed E-state index contributed by atoms with van der Waals surface area (Å²) in [5, 5.41) is 4.60. The second-order valence-corrected chi connectivity index (χ2v) is 9.67. The number of carbonyl (C=O) groups excluding carboxylic acids is 1. The van der Waals surface area contributed by atoms with Gasteiger partial charge in [-0.2, -0.15) is 0 Å². The molecule has 0 radical (unpaired) electrons. The predicted molar refractivity (Wildman–Crippen MR) is 132 cm³/mol. The van der Waals surface area contributed by atoms with E-state index in [2.05, 4.69) is 65.8 Å². The van der Waals surface area contributed by atoms with E-state index in [0.29, 0.717) is 18.0 Å². The summed E-state index contributed by atoms with van der Waals surface area (Å²) in [6.45, 7) is 4.31. The highest BCUT2D eigenvalue weighted by Gasteiger charge is 2.27. The number of hydrogen-bond donors (Lipinski definition) is 1. The second-order valence-electron chi connectivity index (χ2n) is 8.44. The summed E-state index contributed by atoms with van der Waals surface area (Å²) in [5.41, 5.74) is 4.14. The molecule has 162 valence electrons. The van der Waals surface area contributed by atoms with Gasteiger partial charge in [0.2, 0.25) is 0 Å². The molecule has 0 unspecified atom stereocenters. The van der Waals surface area contributed by atoms with E-state index < -0.39 is 0 Å². The monoisotopic (exact) mass is 441 g/mol. The number of fused-ring (bicyclic) bond motifs is 1. The highest BCUT2D eigenvalue weighted by atomic mass is 32.1. The number of amides is 1. The number of hydrogen-bond acceptors (Lipinski definition) is 4. The number of nitrogens with one attached hydrogen (secondary N) is 1. The van der Waals surface area contributed by atoms with E-state index in [0.717, 1.165) is 41.8 Å². The number of aryl methyl sites for hydroxylation is 1. The fourth-order valence-electron chi connectivity index (χ4n) is 4.56. The Hall–Kier alpha value is -3.18. The maximum absolute atomic E-state index is 13.6. The lowest BCUT2D eigenvalue weighted by atomic mass is 9.89. The van der Waals surface area contributed by atoms with Crippen molar-refractivity contribution in [2.24, 2.45) is 0 Å². The second kappa shape index (κ2) is 9.13. The number of piperidine rings is 1. The zero-order chi connectivity index (χ0) is 21.9. The van der Waals surface area contributed by atoms with Gasteiger partial charge in [0.15, 0.2) is 0 Å². The summed E-state index contributed by atoms with van der Waals surface area (Å²) in [7, 11) is 0. The van der Waals surface area contributed by atoms with Gasteiger partial charge in [-0.05, 0) is 42.9 Å². The highest BCUT2D eigenvalue weighted by molar-refractivity contribution is 7.18. The number of rotatable bonds is 5. The van der Waals surface area contributed by atoms with Crippen molar-refractivity contribution in [1.29, 1.82) is 0 Å². The Balaban J connectivity index is 1.38. The summed E-state index contributed by atoms with van der Waals surface area (Å²) < 4.78 is 0. The molecule has 1 fully saturated rings. The molecule has 1 saturated heterocycles. The van der Waals surface area contributed by atoms with Crippen LogP contribution in [0.3, 0.4) is 0 Å². The minimum absolute atomic E-state index is 0.0744. The topological polar surface area (TPSA) is 45.2 Å². The molecule has 0 bridgehead atoms. The number of benzene rings is 2. The van der Waals surface area contributed by atoms with E-state index in [-0.39, 0.29) is 5.91 Å². The lowest BCUT2D eigenvalue weighted by molar-refractivity contribution is 0.0713. The van der Waals surface area contributed by atoms with Crippen LogP contribution in [0.2, 0.25) is 0 Å². The van der Waals surface area contributed by atoms with Crippen molar-refractivity contribution in [2.45, 2.75) is 32.2 Å². The Morgan fingerprint density at radius 1 is 1.06 bits per heavy atom. The number of thiophene rings is 1. The van der Waals surface area contributed by atoms with Crippen LogP contribution in [0.15, 0.2) is 72.9 Å². The number of anilines is 1. The molecule has 0 spiro atoms. The first kappa shape index (κ1) is 20.7. The molecule has 1 amide bonds. The van der Waals surface area contributed by atoms with E-state index in [1.807, 2.05) is 23.1 Å². The number of likely N-dealkylation sites (tertiary alicyclic amines) is 1. The van der Waals surface area contributed by atoms with Gasteiger partial charge in [0.05, 0.1) is 11.3 Å². The van der Waals surface area contributed by atoms with Crippen molar-refractivity contribution >= 4 is 33.1 Å². The smallest absolute Gasteiger partial charge is 0.257 e. The Labute approximate surface area is 192 Å². The molecule has 3 heterocycles. The fourth-order valence-corrected chi connectivity index (χ4v) is 5.42. The molecule has 1 aliphatic rings. The lowest BCUT2D eigenvalue weighted by Gasteiger charge is -2.32. The summed E-state index contributed by atoms with van der Waals surface area (Å²) in [5.74, 6) is 0.599. The van der Waals surface area contributed by atoms with Gasteiger partial charge in [-0.15, -0.1) is 11.3 Å². The summed E-state index contributed by atoms with van der Waals surface area (Å²) in [6, 6.07) is 23.1. The van der Waals surface area contributed by atoms with Gasteiger partial charge < -0.3 is 10.2 Å². The summed E-state index contributed by atoms with van der Waals surface area (Å²) >= 11 is 1.67. The van der Waals surface area contributed by atoms with Crippen molar-refractivity contribution in [3.8, 4) is 0 Å². The van der Waals surface area contributed by atoms with Gasteiger partial charge in [-0.1, -0.05) is 60.7 Å². The lowest BCUT2D eigenvalue weighted by Crippen LogP contribution is -2.38. The van der Waals surface area contributed by atoms with Crippen molar-refractivity contribution < 1.29 is 4.79 Å². The van der Waals surface area contributed by atoms with Gasteiger partial charge in [0.1, 0.15) is 4.83 Å². The Bertz CT molecular complexity index is 1210. The highest BCUT2D eigenvalue weighted by Crippen LogP contribution is 2.34. The molecular weight excluding hydrogens is 414 g/mol. The molecule has 2 aromatic carbocycles. The Morgan fingerprint density at radius 3 is 2.47 bits per heavy atom. The van der Waals surface area contributed by atoms with E-state index in [9.17, 15) is 4.79 Å². The minimum atomic E-state index is 0.0744. The zero-order valence-electron chi connectivity index (χ0n) is 18.3. The Kier molecular flexibility index (Phi) is 5.91. The molecular formula is C27H27N3OS. The largest absolute Gasteiger partial charge is 0.380 e. The standard InChI is InChI=1S/C27H27N3OS/c1-19-16-23-25(28-17-20-8-4-2-5-9-20)24(18-29-26(23)32-19)27(31)30-14-12-22(13-15-30)21-10-6-3-7-11-21/h2-11,16,18,22H,12-15,17H2,1H3,(H,28,29). The third-order valence-electron chi connectivity index (χ3n) is 6.28. The maximum Gasteiger partial charge on any atom is 0.257 e. The molecule has 4 aromatic rings. The van der Waals surface area contributed by atoms with Gasteiger partial charge >= 0.3 is 0 Å². The molecule has 2 aromatic heterocycles. The van der Waals surface area contributed by atoms with Crippen molar-refractivity contribution in [1.82, 2.24) is 9.88 Å². The molecule has 1 N–H and O–H groups in total. The third kappa shape index (κ3) is 4.26. The third-order valence-corrected chi connectivity index (χ3v) is 7.24. The van der Waals surface area contributed by atoms with Crippen molar-refractivity contribution in [3.63, 3.8) is 0 Å². The number of carbonyl (C=O) groups is 1. The average Bonchev–Trinajstić information content (AvgIpc) is 3.24. The van der Waals surface area contributed by atoms with E-state index >= 15 is 0 Å². The molecule has 5 heteroatoms. The first-order valence-electron chi connectivity index (χ1n) is 11.2. The molecule has 0 aliphatic carbocycles. The molecule has 5 rings (SSSR count). The van der Waals surface area contributed by atoms with Crippen LogP contribution in [-0.4, -0.2) is 28.9 Å². The van der Waals surface area contributed by atoms with Crippen LogP contribution in [0.5, 0.6) is 0 Å². The molecule has 0 atom stereocenters. The van der Waals surface area contributed by atoms with Gasteiger partial charge in [0.25, 0.3) is 5.91 Å². The maximum atomic E-state index is 13.6. The normalized spacial score (nSPS) is 14.6. The fraction of sp³-hybridized carbons (Fsp3) is 0.259. The average molecular weight is 442 g/mol. The van der Waals surface area contributed by atoms with Crippen LogP contribution >= 0.6 is 11.3 Å². The van der Waals surface area contributed by atoms with Crippen LogP contribution in [-0.2, 0) is 6.54 Å². The van der Waals surface area contributed by atoms with Gasteiger partial charge in [0, 0.05) is 36.1 Å². The zero-order valence-corrected chi connectivity index (χ0v) is 19.1. The number of pyridine rings is 1. The molecule has 1 aliphatic heterocycles. The molecule has 0 saturated carbocycles. The Morgan fingerprint density at radius 2 is 1.75 bits per heavy atom. The SMILES string of the molecule is Cc1cc2c(NCc3ccccc3)c(C(=O)N3CCC(c4ccccc4)CC3)cnc2s1. The van der Waals surface area contributed by atoms with Crippen molar-refractivity contribution in [2.75, 3.05) is 18.4 Å². The van der Waals surface area contributed by atoms with E-state index in [1.54, 1.807) is 17.5 Å². The van der Waals surface area contributed by atoms with Gasteiger partial charge in [-0.25, -0.2) is 4.98 Å². The van der Waals surface area contributed by atoms with Crippen LogP contribution in [0.1, 0.15) is 45.1 Å². The summed E-state index contributed by atoms with van der Waals surface area (Å²) in [6.07, 6.45) is 3.75. The van der Waals surface area contributed by atoms with Crippen LogP contribution in [0, 0.1) is 6.92 Å². The molecule has 32 heavy (non-hydrogen) atoms. The first-order chi connectivity index (χ1) is 15.7. The minimum Gasteiger partial charge on any atom is -0.380 e. The summed E-state index contributed by atoms with van der Waals surface area (Å²) in [4.78, 5) is 22.4. The molecule has 4 nitrogen and oxygen atoms in total. The van der Waals surface area contributed by atoms with Crippen LogP contribution < -0.4 is 5.32 Å². The quantitative estimate of drug-likeness (QED) is 0.399.